The quantitative estimate of drug-likeness (QED) is 0.463. The van der Waals surface area contributed by atoms with Crippen LogP contribution in [0.1, 0.15) is 20.3 Å². The smallest absolute Gasteiger partial charge is 0.0989 e. The van der Waals surface area contributed by atoms with Crippen molar-refractivity contribution in [3.8, 4) is 0 Å². The van der Waals surface area contributed by atoms with E-state index in [2.05, 4.69) is 19.2 Å². The molecule has 4 unspecified atom stereocenters. The largest absolute Gasteiger partial charge is 0.395 e. The molecule has 13 heavy (non-hydrogen) atoms. The van der Waals surface area contributed by atoms with E-state index in [-0.39, 0.29) is 18.7 Å². The van der Waals surface area contributed by atoms with Crippen LogP contribution in [-0.4, -0.2) is 46.2 Å². The fourth-order valence-electron chi connectivity index (χ4n) is 1.82. The van der Waals surface area contributed by atoms with Crippen LogP contribution in [0.4, 0.5) is 0 Å². The number of hydrogen-bond donors (Lipinski definition) is 4. The molecule has 0 saturated carbocycles. The van der Waals surface area contributed by atoms with E-state index >= 15 is 0 Å². The standard InChI is InChI=1S/C9H19NO3/c1-5(2)3-6-8(12)9(13)7(4-11)10-6/h5-13H,3-4H2,1-2H3. The van der Waals surface area contributed by atoms with Gasteiger partial charge in [0.1, 0.15) is 0 Å². The molecular formula is C9H19NO3. The lowest BCUT2D eigenvalue weighted by atomic mass is 9.99. The molecule has 0 bridgehead atoms. The van der Waals surface area contributed by atoms with Crippen molar-refractivity contribution >= 4 is 0 Å². The molecule has 1 aliphatic heterocycles. The highest BCUT2D eigenvalue weighted by atomic mass is 16.3. The van der Waals surface area contributed by atoms with Gasteiger partial charge in [-0.3, -0.25) is 0 Å². The summed E-state index contributed by atoms with van der Waals surface area (Å²) in [7, 11) is 0. The van der Waals surface area contributed by atoms with Gasteiger partial charge in [0.25, 0.3) is 0 Å². The number of aliphatic hydroxyl groups excluding tert-OH is 3. The van der Waals surface area contributed by atoms with Crippen LogP contribution < -0.4 is 5.32 Å². The van der Waals surface area contributed by atoms with E-state index in [1.54, 1.807) is 0 Å². The molecule has 0 aromatic heterocycles. The molecule has 4 heteroatoms. The van der Waals surface area contributed by atoms with Crippen molar-refractivity contribution in [3.63, 3.8) is 0 Å². The summed E-state index contributed by atoms with van der Waals surface area (Å²) in [5.41, 5.74) is 0. The second-order valence-corrected chi connectivity index (χ2v) is 4.17. The number of hydrogen-bond acceptors (Lipinski definition) is 4. The molecule has 0 aliphatic carbocycles. The fourth-order valence-corrected chi connectivity index (χ4v) is 1.82. The summed E-state index contributed by atoms with van der Waals surface area (Å²) >= 11 is 0. The zero-order valence-corrected chi connectivity index (χ0v) is 8.14. The van der Waals surface area contributed by atoms with Crippen LogP contribution in [0.2, 0.25) is 0 Å². The van der Waals surface area contributed by atoms with Crippen molar-refractivity contribution in [3.05, 3.63) is 0 Å². The van der Waals surface area contributed by atoms with Crippen LogP contribution in [0.25, 0.3) is 0 Å². The van der Waals surface area contributed by atoms with E-state index in [0.29, 0.717) is 5.92 Å². The van der Waals surface area contributed by atoms with Gasteiger partial charge in [0.2, 0.25) is 0 Å². The molecule has 4 nitrogen and oxygen atoms in total. The highest BCUT2D eigenvalue weighted by Crippen LogP contribution is 2.19. The highest BCUT2D eigenvalue weighted by molar-refractivity contribution is 4.97. The maximum Gasteiger partial charge on any atom is 0.0989 e. The Kier molecular flexibility index (Phi) is 3.67. The molecule has 1 aliphatic rings. The van der Waals surface area contributed by atoms with Gasteiger partial charge >= 0.3 is 0 Å². The Bertz CT molecular complexity index is 163. The van der Waals surface area contributed by atoms with E-state index in [1.165, 1.54) is 0 Å². The molecule has 1 fully saturated rings. The van der Waals surface area contributed by atoms with Gasteiger partial charge in [-0.15, -0.1) is 0 Å². The summed E-state index contributed by atoms with van der Waals surface area (Å²) in [6.07, 6.45) is -0.775. The summed E-state index contributed by atoms with van der Waals surface area (Å²) in [6.45, 7) is 3.99. The predicted molar refractivity (Wildman–Crippen MR) is 49.3 cm³/mol. The van der Waals surface area contributed by atoms with Crippen LogP contribution in [0.5, 0.6) is 0 Å². The van der Waals surface area contributed by atoms with Crippen LogP contribution >= 0.6 is 0 Å². The topological polar surface area (TPSA) is 72.7 Å². The summed E-state index contributed by atoms with van der Waals surface area (Å²) in [4.78, 5) is 0. The first-order valence-corrected chi connectivity index (χ1v) is 4.79. The summed E-state index contributed by atoms with van der Waals surface area (Å²) in [6, 6.07) is -0.467. The number of aliphatic hydroxyl groups is 3. The molecule has 0 aromatic carbocycles. The minimum Gasteiger partial charge on any atom is -0.395 e. The van der Waals surface area contributed by atoms with Crippen molar-refractivity contribution in [1.82, 2.24) is 5.32 Å². The maximum absolute atomic E-state index is 9.58. The summed E-state index contributed by atoms with van der Waals surface area (Å²) < 4.78 is 0. The molecule has 1 rings (SSSR count). The maximum atomic E-state index is 9.58. The van der Waals surface area contributed by atoms with Crippen LogP contribution in [0, 0.1) is 5.92 Å². The van der Waals surface area contributed by atoms with Gasteiger partial charge in [0.05, 0.1) is 24.9 Å². The molecule has 78 valence electrons. The number of rotatable bonds is 3. The van der Waals surface area contributed by atoms with Gasteiger partial charge in [-0.25, -0.2) is 0 Å². The second kappa shape index (κ2) is 4.37. The monoisotopic (exact) mass is 189 g/mol. The molecular weight excluding hydrogens is 170 g/mol. The Morgan fingerprint density at radius 2 is 1.69 bits per heavy atom. The normalized spacial score (nSPS) is 40.2. The minimum absolute atomic E-state index is 0.0906. The average molecular weight is 189 g/mol. The lowest BCUT2D eigenvalue weighted by Crippen LogP contribution is -2.36. The van der Waals surface area contributed by atoms with E-state index < -0.39 is 12.2 Å². The van der Waals surface area contributed by atoms with Crippen LogP contribution in [-0.2, 0) is 0 Å². The molecule has 1 heterocycles. The molecule has 4 atom stereocenters. The number of nitrogens with one attached hydrogen (secondary N) is 1. The molecule has 0 aromatic rings. The van der Waals surface area contributed by atoms with Gasteiger partial charge in [0.15, 0.2) is 0 Å². The van der Waals surface area contributed by atoms with Crippen molar-refractivity contribution in [2.24, 2.45) is 5.92 Å². The Balaban J connectivity index is 2.50. The van der Waals surface area contributed by atoms with E-state index in [9.17, 15) is 10.2 Å². The molecule has 0 spiro atoms. The summed E-state index contributed by atoms with van der Waals surface area (Å²) in [5.74, 6) is 0.469. The van der Waals surface area contributed by atoms with Crippen molar-refractivity contribution < 1.29 is 15.3 Å². The van der Waals surface area contributed by atoms with E-state index in [0.717, 1.165) is 6.42 Å². The Morgan fingerprint density at radius 3 is 2.08 bits per heavy atom. The van der Waals surface area contributed by atoms with E-state index in [4.69, 9.17) is 5.11 Å². The second-order valence-electron chi connectivity index (χ2n) is 4.17. The van der Waals surface area contributed by atoms with Crippen molar-refractivity contribution in [1.29, 1.82) is 0 Å². The third-order valence-electron chi connectivity index (χ3n) is 2.52. The van der Waals surface area contributed by atoms with Crippen LogP contribution in [0.15, 0.2) is 0 Å². The van der Waals surface area contributed by atoms with Gasteiger partial charge in [0, 0.05) is 6.04 Å². The van der Waals surface area contributed by atoms with Crippen molar-refractivity contribution in [2.45, 2.75) is 44.6 Å². The van der Waals surface area contributed by atoms with Crippen molar-refractivity contribution in [2.75, 3.05) is 6.61 Å². The first-order chi connectivity index (χ1) is 6.06. The summed E-state index contributed by atoms with van der Waals surface area (Å²) in [5, 5.41) is 30.9. The minimum atomic E-state index is -0.839. The highest BCUT2D eigenvalue weighted by Gasteiger charge is 2.40. The average Bonchev–Trinajstić information content (AvgIpc) is 2.32. The van der Waals surface area contributed by atoms with Crippen LogP contribution in [0.3, 0.4) is 0 Å². The molecule has 1 saturated heterocycles. The molecule has 4 N–H and O–H groups in total. The molecule has 0 radical (unpaired) electrons. The zero-order valence-electron chi connectivity index (χ0n) is 8.14. The van der Waals surface area contributed by atoms with Gasteiger partial charge in [-0.1, -0.05) is 13.8 Å². The lowest BCUT2D eigenvalue weighted by molar-refractivity contribution is 0.0176. The predicted octanol–water partition coefficient (Wildman–Crippen LogP) is -0.913. The Morgan fingerprint density at radius 1 is 1.15 bits per heavy atom. The third-order valence-corrected chi connectivity index (χ3v) is 2.52. The molecule has 0 amide bonds. The Hall–Kier alpha value is -0.160. The fraction of sp³-hybridized carbons (Fsp3) is 1.00. The first kappa shape index (κ1) is 10.9. The van der Waals surface area contributed by atoms with Gasteiger partial charge in [-0.2, -0.15) is 0 Å². The SMILES string of the molecule is CC(C)CC1NC(CO)C(O)C1O. The third kappa shape index (κ3) is 2.40. The van der Waals surface area contributed by atoms with Gasteiger partial charge < -0.3 is 20.6 Å². The van der Waals surface area contributed by atoms with E-state index in [1.807, 2.05) is 0 Å². The lowest BCUT2D eigenvalue weighted by Gasteiger charge is -2.17. The first-order valence-electron chi connectivity index (χ1n) is 4.79. The Labute approximate surface area is 78.6 Å². The zero-order chi connectivity index (χ0) is 10.0. The van der Waals surface area contributed by atoms with Gasteiger partial charge in [-0.05, 0) is 12.3 Å².